The van der Waals surface area contributed by atoms with E-state index in [1.54, 1.807) is 4.98 Å². The number of carbonyl (C=O) groups is 6. The fourth-order valence-electron chi connectivity index (χ4n) is 3.60. The van der Waals surface area contributed by atoms with Crippen LogP contribution in [0.2, 0.25) is 0 Å². The molecule has 0 unspecified atom stereocenters. The molecule has 1 heterocycles. The summed E-state index contributed by atoms with van der Waals surface area (Å²) in [7, 11) is 0. The quantitative estimate of drug-likeness (QED) is 0.0570. The van der Waals surface area contributed by atoms with Crippen LogP contribution in [0.1, 0.15) is 64.2 Å². The molecule has 1 rings (SSSR count). The molecule has 18 heteroatoms. The van der Waals surface area contributed by atoms with Crippen LogP contribution in [0.25, 0.3) is 0 Å². The van der Waals surface area contributed by atoms with Crippen LogP contribution >= 0.6 is 0 Å². The number of carboxylic acids is 1. The number of aromatic amines is 1. The van der Waals surface area contributed by atoms with Crippen molar-refractivity contribution in [1.29, 1.82) is 0 Å². The topological polar surface area (TPSA) is 275 Å². The Morgan fingerprint density at radius 2 is 1.58 bits per heavy atom. The highest BCUT2D eigenvalue weighted by atomic mass is 19.1. The van der Waals surface area contributed by atoms with Gasteiger partial charge >= 0.3 is 17.6 Å². The van der Waals surface area contributed by atoms with Crippen molar-refractivity contribution in [3.8, 4) is 0 Å². The summed E-state index contributed by atoms with van der Waals surface area (Å²) in [4.78, 5) is 95.8. The standard InChI is InChI=1S/C25H38FN7O10/c26-15-13-33(25(42)32-23(15)40)14-43-21(38)10-8-19(35)30-17(6-1-3-11-27)24(41)31-16(22(28)39)5-2-4-12-29-18(34)7-9-20(36)37/h13,16-17H,1-12,14,27H2,(H2,28,39)(H,29,34)(H,30,35)(H,31,41)(H,36,37)(H,32,40,42)/t16-,17-/m0/s1. The zero-order valence-electron chi connectivity index (χ0n) is 23.5. The molecule has 2 atom stereocenters. The number of halogens is 1. The van der Waals surface area contributed by atoms with E-state index in [-0.39, 0.29) is 32.2 Å². The van der Waals surface area contributed by atoms with Crippen LogP contribution in [0.15, 0.2) is 15.8 Å². The number of hydrogen-bond donors (Lipinski definition) is 7. The van der Waals surface area contributed by atoms with Gasteiger partial charge in [-0.2, -0.15) is 4.39 Å². The molecule has 0 aliphatic carbocycles. The summed E-state index contributed by atoms with van der Waals surface area (Å²) in [5.74, 6) is -5.87. The highest BCUT2D eigenvalue weighted by Crippen LogP contribution is 2.06. The minimum atomic E-state index is -1.26. The van der Waals surface area contributed by atoms with E-state index >= 15 is 0 Å². The second kappa shape index (κ2) is 19.5. The van der Waals surface area contributed by atoms with Crippen LogP contribution in [-0.2, 0) is 40.2 Å². The number of ether oxygens (including phenoxy) is 1. The number of amides is 4. The smallest absolute Gasteiger partial charge is 0.331 e. The van der Waals surface area contributed by atoms with Gasteiger partial charge in [0, 0.05) is 19.4 Å². The van der Waals surface area contributed by atoms with Crippen molar-refractivity contribution >= 4 is 35.6 Å². The second-order valence-corrected chi connectivity index (χ2v) is 9.46. The van der Waals surface area contributed by atoms with E-state index in [9.17, 15) is 42.7 Å². The molecular formula is C25H38FN7O10. The molecule has 0 aromatic carbocycles. The molecule has 9 N–H and O–H groups in total. The number of esters is 1. The fourth-order valence-corrected chi connectivity index (χ4v) is 3.60. The van der Waals surface area contributed by atoms with Crippen molar-refractivity contribution in [1.82, 2.24) is 25.5 Å². The van der Waals surface area contributed by atoms with E-state index in [4.69, 9.17) is 21.3 Å². The predicted molar refractivity (Wildman–Crippen MR) is 146 cm³/mol. The Kier molecular flexibility index (Phi) is 16.5. The lowest BCUT2D eigenvalue weighted by Crippen LogP contribution is -2.53. The maximum absolute atomic E-state index is 13.3. The molecule has 43 heavy (non-hydrogen) atoms. The fraction of sp³-hybridized carbons (Fsp3) is 0.600. The Morgan fingerprint density at radius 1 is 0.930 bits per heavy atom. The number of H-pyrrole nitrogens is 1. The lowest BCUT2D eigenvalue weighted by atomic mass is 10.1. The third-order valence-corrected chi connectivity index (χ3v) is 5.95. The lowest BCUT2D eigenvalue weighted by molar-refractivity contribution is -0.149. The van der Waals surface area contributed by atoms with E-state index in [0.29, 0.717) is 43.0 Å². The van der Waals surface area contributed by atoms with Crippen LogP contribution in [0.5, 0.6) is 0 Å². The van der Waals surface area contributed by atoms with Crippen molar-refractivity contribution in [3.05, 3.63) is 32.9 Å². The maximum atomic E-state index is 13.3. The predicted octanol–water partition coefficient (Wildman–Crippen LogP) is -2.31. The molecular weight excluding hydrogens is 577 g/mol. The van der Waals surface area contributed by atoms with Gasteiger partial charge in [-0.1, -0.05) is 0 Å². The number of nitrogens with two attached hydrogens (primary N) is 2. The summed E-state index contributed by atoms with van der Waals surface area (Å²) in [6.07, 6.45) is 1.41. The summed E-state index contributed by atoms with van der Waals surface area (Å²) in [6, 6.07) is -2.14. The first kappa shape index (κ1) is 36.4. The van der Waals surface area contributed by atoms with Crippen LogP contribution in [0.3, 0.4) is 0 Å². The summed E-state index contributed by atoms with van der Waals surface area (Å²) >= 11 is 0. The van der Waals surface area contributed by atoms with Crippen molar-refractivity contribution < 1.29 is 43.0 Å². The Hall–Kier alpha value is -4.61. The zero-order valence-corrected chi connectivity index (χ0v) is 23.5. The first-order valence-electron chi connectivity index (χ1n) is 13.6. The number of carbonyl (C=O) groups excluding carboxylic acids is 5. The van der Waals surface area contributed by atoms with Gasteiger partial charge in [0.25, 0.3) is 5.56 Å². The Labute approximate surface area is 244 Å². The van der Waals surface area contributed by atoms with Crippen LogP contribution < -0.4 is 38.7 Å². The Balaban J connectivity index is 2.59. The van der Waals surface area contributed by atoms with Crippen molar-refractivity contribution in [2.45, 2.75) is 83.0 Å². The van der Waals surface area contributed by atoms with Gasteiger partial charge in [0.15, 0.2) is 6.73 Å². The monoisotopic (exact) mass is 615 g/mol. The first-order chi connectivity index (χ1) is 20.3. The van der Waals surface area contributed by atoms with E-state index in [1.165, 1.54) is 0 Å². The third kappa shape index (κ3) is 15.3. The number of hydrogen-bond acceptors (Lipinski definition) is 10. The molecule has 0 saturated carbocycles. The Morgan fingerprint density at radius 3 is 2.23 bits per heavy atom. The van der Waals surface area contributed by atoms with Crippen molar-refractivity contribution in [3.63, 3.8) is 0 Å². The molecule has 0 saturated heterocycles. The van der Waals surface area contributed by atoms with Crippen LogP contribution in [0.4, 0.5) is 4.39 Å². The van der Waals surface area contributed by atoms with Crippen LogP contribution in [-0.4, -0.2) is 75.4 Å². The molecule has 0 aliphatic heterocycles. The number of aliphatic carboxylic acids is 1. The van der Waals surface area contributed by atoms with E-state index in [0.717, 1.165) is 0 Å². The van der Waals surface area contributed by atoms with Crippen molar-refractivity contribution in [2.24, 2.45) is 11.5 Å². The van der Waals surface area contributed by atoms with Gasteiger partial charge in [-0.25, -0.2) is 4.79 Å². The Bertz CT molecular complexity index is 1250. The van der Waals surface area contributed by atoms with E-state index in [2.05, 4.69) is 16.0 Å². The normalized spacial score (nSPS) is 12.0. The molecule has 17 nitrogen and oxygen atoms in total. The van der Waals surface area contributed by atoms with Gasteiger partial charge in [-0.15, -0.1) is 0 Å². The minimum absolute atomic E-state index is 0.143. The number of nitrogens with zero attached hydrogens (tertiary/aromatic N) is 1. The summed E-state index contributed by atoms with van der Waals surface area (Å²) in [6.45, 7) is -0.132. The minimum Gasteiger partial charge on any atom is -0.481 e. The SMILES string of the molecule is NCCCC[C@H](NC(=O)CCC(=O)OCn1cc(F)c(=O)[nH]c1=O)C(=O)N[C@@H](CCCCNC(=O)CCC(=O)O)C(N)=O. The van der Waals surface area contributed by atoms with E-state index < -0.39 is 84.3 Å². The molecule has 0 aliphatic rings. The molecule has 0 bridgehead atoms. The number of aromatic nitrogens is 2. The molecule has 1 aromatic rings. The number of nitrogens with one attached hydrogen (secondary N) is 4. The van der Waals surface area contributed by atoms with Gasteiger partial charge in [-0.05, 0) is 45.1 Å². The largest absolute Gasteiger partial charge is 0.481 e. The molecule has 4 amide bonds. The molecule has 0 radical (unpaired) electrons. The van der Waals surface area contributed by atoms with Gasteiger partial charge in [0.05, 0.1) is 19.0 Å². The van der Waals surface area contributed by atoms with Gasteiger partial charge in [0.2, 0.25) is 29.4 Å². The molecule has 240 valence electrons. The molecule has 1 aromatic heterocycles. The maximum Gasteiger partial charge on any atom is 0.331 e. The number of carboxylic acid groups (broad SMARTS) is 1. The zero-order chi connectivity index (χ0) is 32.4. The third-order valence-electron chi connectivity index (χ3n) is 5.95. The average molecular weight is 616 g/mol. The lowest BCUT2D eigenvalue weighted by Gasteiger charge is -2.22. The first-order valence-corrected chi connectivity index (χ1v) is 13.6. The second-order valence-electron chi connectivity index (χ2n) is 9.46. The summed E-state index contributed by atoms with van der Waals surface area (Å²) in [5.41, 5.74) is 8.70. The summed E-state index contributed by atoms with van der Waals surface area (Å²) < 4.78 is 18.8. The molecule has 0 spiro atoms. The van der Waals surface area contributed by atoms with Crippen molar-refractivity contribution in [2.75, 3.05) is 13.1 Å². The van der Waals surface area contributed by atoms with Crippen LogP contribution in [0, 0.1) is 5.82 Å². The summed E-state index contributed by atoms with van der Waals surface area (Å²) in [5, 5.41) is 16.2. The van der Waals surface area contributed by atoms with E-state index in [1.807, 2.05) is 0 Å². The average Bonchev–Trinajstić information content (AvgIpc) is 2.94. The number of unbranched alkanes of at least 4 members (excludes halogenated alkanes) is 2. The highest BCUT2D eigenvalue weighted by molar-refractivity contribution is 5.92. The number of primary amides is 1. The van der Waals surface area contributed by atoms with Gasteiger partial charge in [0.1, 0.15) is 12.1 Å². The van der Waals surface area contributed by atoms with Gasteiger partial charge in [-0.3, -0.25) is 43.1 Å². The number of rotatable bonds is 21. The van der Waals surface area contributed by atoms with Gasteiger partial charge < -0.3 is 37.3 Å². The highest BCUT2D eigenvalue weighted by Gasteiger charge is 2.25. The molecule has 0 fully saturated rings.